The third kappa shape index (κ3) is 3.24. The minimum Gasteiger partial charge on any atom is -0.301 e. The fourth-order valence-electron chi connectivity index (χ4n) is 8.60. The van der Waals surface area contributed by atoms with Gasteiger partial charge in [-0.25, -0.2) is 8.78 Å². The zero-order valence-corrected chi connectivity index (χ0v) is 23.8. The van der Waals surface area contributed by atoms with Gasteiger partial charge in [0.25, 0.3) is 0 Å². The molecule has 4 aromatic rings. The average Bonchev–Trinajstić information content (AvgIpc) is 3.60. The molecule has 0 radical (unpaired) electrons. The number of halogens is 2. The molecule has 0 amide bonds. The van der Waals surface area contributed by atoms with E-state index in [1.807, 2.05) is 49.5 Å². The number of Topliss-reactive ketones (excluding diaryl/α,β-unsaturated/α-hetero) is 2. The molecule has 1 unspecified atom stereocenters. The highest BCUT2D eigenvalue weighted by atomic mass is 32.2. The van der Waals surface area contributed by atoms with Gasteiger partial charge in [-0.05, 0) is 64.9 Å². The summed E-state index contributed by atoms with van der Waals surface area (Å²) in [5.74, 6) is -0.0417. The minimum absolute atomic E-state index is 0.0607. The highest BCUT2D eigenvalue weighted by Gasteiger charge is 2.78. The van der Waals surface area contributed by atoms with Crippen molar-refractivity contribution in [2.24, 2.45) is 5.41 Å². The van der Waals surface area contributed by atoms with Gasteiger partial charge in [0.2, 0.25) is 0 Å². The molecule has 42 heavy (non-hydrogen) atoms. The predicted molar refractivity (Wildman–Crippen MR) is 161 cm³/mol. The Balaban J connectivity index is 1.47. The van der Waals surface area contributed by atoms with Crippen LogP contribution in [0.4, 0.5) is 8.78 Å². The number of piperidine rings is 1. The van der Waals surface area contributed by atoms with E-state index in [1.165, 1.54) is 24.3 Å². The Kier molecular flexibility index (Phi) is 5.68. The Morgan fingerprint density at radius 3 is 2.43 bits per heavy atom. The van der Waals surface area contributed by atoms with E-state index in [9.17, 15) is 8.78 Å². The van der Waals surface area contributed by atoms with E-state index < -0.39 is 16.9 Å². The van der Waals surface area contributed by atoms with Crippen LogP contribution in [-0.4, -0.2) is 59.2 Å². The van der Waals surface area contributed by atoms with Gasteiger partial charge in [-0.2, -0.15) is 0 Å². The lowest BCUT2D eigenvalue weighted by molar-refractivity contribution is -0.134. The van der Waals surface area contributed by atoms with Gasteiger partial charge in [-0.1, -0.05) is 60.7 Å². The zero-order valence-electron chi connectivity index (χ0n) is 23.0. The Labute approximate surface area is 247 Å². The molecule has 0 N–H and O–H groups in total. The summed E-state index contributed by atoms with van der Waals surface area (Å²) < 4.78 is 29.1. The van der Waals surface area contributed by atoms with Gasteiger partial charge in [0.15, 0.2) is 11.6 Å². The maximum Gasteiger partial charge on any atom is 0.189 e. The van der Waals surface area contributed by atoms with Crippen LogP contribution in [0.15, 0.2) is 90.5 Å². The van der Waals surface area contributed by atoms with Gasteiger partial charge < -0.3 is 4.90 Å². The number of hydrogen-bond donors (Lipinski definition) is 0. The maximum atomic E-state index is 15.4. The normalized spacial score (nSPS) is 29.9. The first-order valence-corrected chi connectivity index (χ1v) is 15.4. The standard InChI is InChI=1S/C35H28F2N2O2S/c1-38-17-24(14-21-6-2-10-25(36)15-21)32(40)34(19-38)31(23-9-3-11-26(37)16-23)29-18-42-20-39(29)35(34)28-13-5-8-22-7-4-12-27(30(22)28)33(35)41/h2-16,29,31H,17-20H2,1H3/b24-14+/t29-,31-,34?,35-/m0/s1. The van der Waals surface area contributed by atoms with Crippen molar-refractivity contribution in [2.75, 3.05) is 31.8 Å². The molecule has 3 aliphatic heterocycles. The second-order valence-electron chi connectivity index (χ2n) is 12.0. The van der Waals surface area contributed by atoms with Crippen molar-refractivity contribution in [3.05, 3.63) is 124 Å². The maximum absolute atomic E-state index is 15.4. The van der Waals surface area contributed by atoms with Gasteiger partial charge in [0.05, 0.1) is 5.41 Å². The summed E-state index contributed by atoms with van der Waals surface area (Å²) in [6.07, 6.45) is 1.77. The summed E-state index contributed by atoms with van der Waals surface area (Å²) in [5.41, 5.74) is 0.832. The Morgan fingerprint density at radius 1 is 0.905 bits per heavy atom. The molecular weight excluding hydrogens is 550 g/mol. The molecule has 3 heterocycles. The molecule has 1 aliphatic carbocycles. The lowest BCUT2D eigenvalue weighted by Crippen LogP contribution is -2.65. The number of hydrogen-bond acceptors (Lipinski definition) is 5. The molecule has 210 valence electrons. The largest absolute Gasteiger partial charge is 0.301 e. The van der Waals surface area contributed by atoms with Crippen molar-refractivity contribution in [3.63, 3.8) is 0 Å². The summed E-state index contributed by atoms with van der Waals surface area (Å²) in [5, 5.41) is 1.87. The van der Waals surface area contributed by atoms with Crippen molar-refractivity contribution >= 4 is 40.2 Å². The van der Waals surface area contributed by atoms with E-state index in [1.54, 1.807) is 36.0 Å². The molecule has 4 nitrogen and oxygen atoms in total. The molecule has 0 saturated carbocycles. The first kappa shape index (κ1) is 26.0. The van der Waals surface area contributed by atoms with Gasteiger partial charge in [-0.15, -0.1) is 11.8 Å². The number of ketones is 2. The second kappa shape index (κ2) is 9.17. The molecule has 4 atom stereocenters. The van der Waals surface area contributed by atoms with Crippen LogP contribution in [0.2, 0.25) is 0 Å². The van der Waals surface area contributed by atoms with Crippen LogP contribution in [0.5, 0.6) is 0 Å². The number of thioether (sulfide) groups is 1. The van der Waals surface area contributed by atoms with Crippen LogP contribution in [0, 0.1) is 17.0 Å². The number of nitrogens with zero attached hydrogens (tertiary/aromatic N) is 2. The number of rotatable bonds is 2. The molecule has 8 rings (SSSR count). The average molecular weight is 579 g/mol. The van der Waals surface area contributed by atoms with Gasteiger partial charge in [0, 0.05) is 47.8 Å². The quantitative estimate of drug-likeness (QED) is 0.263. The van der Waals surface area contributed by atoms with Crippen LogP contribution in [0.1, 0.15) is 33.0 Å². The highest BCUT2D eigenvalue weighted by Crippen LogP contribution is 2.69. The van der Waals surface area contributed by atoms with E-state index >= 15 is 9.59 Å². The van der Waals surface area contributed by atoms with Crippen LogP contribution < -0.4 is 0 Å². The van der Waals surface area contributed by atoms with E-state index in [-0.39, 0.29) is 29.2 Å². The summed E-state index contributed by atoms with van der Waals surface area (Å²) in [7, 11) is 1.97. The third-order valence-corrected chi connectivity index (χ3v) is 10.9. The van der Waals surface area contributed by atoms with Gasteiger partial charge >= 0.3 is 0 Å². The Morgan fingerprint density at radius 2 is 1.64 bits per heavy atom. The summed E-state index contributed by atoms with van der Waals surface area (Å²) >= 11 is 1.75. The van der Waals surface area contributed by atoms with Gasteiger partial charge in [0.1, 0.15) is 17.2 Å². The number of carbonyl (C=O) groups excluding carboxylic acids is 2. The first-order chi connectivity index (χ1) is 20.4. The monoisotopic (exact) mass is 578 g/mol. The second-order valence-corrected chi connectivity index (χ2v) is 13.0. The van der Waals surface area contributed by atoms with Crippen molar-refractivity contribution in [2.45, 2.75) is 17.5 Å². The molecule has 7 heteroatoms. The van der Waals surface area contributed by atoms with E-state index in [2.05, 4.69) is 9.80 Å². The fourth-order valence-corrected chi connectivity index (χ4v) is 9.90. The van der Waals surface area contributed by atoms with Gasteiger partial charge in [-0.3, -0.25) is 14.5 Å². The van der Waals surface area contributed by atoms with Crippen molar-refractivity contribution < 1.29 is 18.4 Å². The number of carbonyl (C=O) groups is 2. The Bertz CT molecular complexity index is 1850. The summed E-state index contributed by atoms with van der Waals surface area (Å²) in [6, 6.07) is 24.4. The zero-order chi connectivity index (χ0) is 28.8. The first-order valence-electron chi connectivity index (χ1n) is 14.2. The van der Waals surface area contributed by atoms with Crippen molar-refractivity contribution in [1.29, 1.82) is 0 Å². The van der Waals surface area contributed by atoms with Crippen molar-refractivity contribution in [1.82, 2.24) is 9.80 Å². The van der Waals surface area contributed by atoms with Crippen LogP contribution in [0.3, 0.4) is 0 Å². The van der Waals surface area contributed by atoms with E-state index in [0.29, 0.717) is 35.7 Å². The fraction of sp³-hybridized carbons (Fsp3) is 0.257. The van der Waals surface area contributed by atoms with Crippen LogP contribution in [0.25, 0.3) is 16.8 Å². The predicted octanol–water partition coefficient (Wildman–Crippen LogP) is 6.27. The summed E-state index contributed by atoms with van der Waals surface area (Å²) in [6.45, 7) is 0.703. The van der Waals surface area contributed by atoms with E-state index in [0.717, 1.165) is 27.7 Å². The topological polar surface area (TPSA) is 40.6 Å². The summed E-state index contributed by atoms with van der Waals surface area (Å²) in [4.78, 5) is 34.9. The van der Waals surface area contributed by atoms with Crippen LogP contribution in [-0.2, 0) is 10.3 Å². The third-order valence-electron chi connectivity index (χ3n) is 9.83. The SMILES string of the molecule is CN1C/C(=C\c2cccc(F)c2)C(=O)C2(C1)[C@@H](c1cccc(F)c1)[C@@H]1CSCN1[C@@]21C(=O)c2cccc3cccc1c23. The lowest BCUT2D eigenvalue weighted by atomic mass is 9.55. The molecule has 0 bridgehead atoms. The smallest absolute Gasteiger partial charge is 0.189 e. The molecule has 0 aromatic heterocycles. The number of likely N-dealkylation sites (N-methyl/N-ethyl adjacent to an activating group) is 1. The molecule has 2 spiro atoms. The van der Waals surface area contributed by atoms with E-state index in [4.69, 9.17) is 0 Å². The molecule has 4 aromatic carbocycles. The number of benzene rings is 4. The minimum atomic E-state index is -1.27. The van der Waals surface area contributed by atoms with Crippen molar-refractivity contribution in [3.8, 4) is 0 Å². The highest BCUT2D eigenvalue weighted by molar-refractivity contribution is 7.99. The molecule has 3 fully saturated rings. The number of likely N-dealkylation sites (tertiary alicyclic amines) is 1. The molecular formula is C35H28F2N2O2S. The Hall–Kier alpha value is -3.65. The molecule has 3 saturated heterocycles. The molecule has 4 aliphatic rings. The number of fused-ring (bicyclic) bond motifs is 4. The van der Waals surface area contributed by atoms with Crippen LogP contribution >= 0.6 is 11.8 Å². The lowest BCUT2D eigenvalue weighted by Gasteiger charge is -2.51.